The minimum atomic E-state index is -0.893. The highest BCUT2D eigenvalue weighted by molar-refractivity contribution is 6.51. The summed E-state index contributed by atoms with van der Waals surface area (Å²) in [5, 5.41) is 11.4. The Bertz CT molecular complexity index is 1280. The number of hydrogen-bond acceptors (Lipinski definition) is 5. The highest BCUT2D eigenvalue weighted by Crippen LogP contribution is 2.43. The summed E-state index contributed by atoms with van der Waals surface area (Å²) in [5.41, 5.74) is 2.70. The molecule has 35 heavy (non-hydrogen) atoms. The molecule has 1 N–H and O–H groups in total. The number of Topliss-reactive ketones (excluding diaryl/α,β-unsaturated/α-hetero) is 1. The Hall–Kier alpha value is -3.80. The molecule has 1 aromatic heterocycles. The molecule has 1 atom stereocenters. The second-order valence-corrected chi connectivity index (χ2v) is 10.1. The lowest BCUT2D eigenvalue weighted by Gasteiger charge is -2.24. The number of carbonyl (C=O) groups is 2. The molecule has 0 radical (unpaired) electrons. The van der Waals surface area contributed by atoms with E-state index < -0.39 is 17.7 Å². The van der Waals surface area contributed by atoms with Crippen LogP contribution < -0.4 is 9.64 Å². The third-order valence-corrected chi connectivity index (χ3v) is 6.38. The van der Waals surface area contributed by atoms with E-state index in [1.807, 2.05) is 45.0 Å². The van der Waals surface area contributed by atoms with Gasteiger partial charge in [-0.05, 0) is 59.4 Å². The average Bonchev–Trinajstić information content (AvgIpc) is 3.44. The minimum absolute atomic E-state index is 0.0112. The Labute approximate surface area is 205 Å². The first-order chi connectivity index (χ1) is 16.5. The van der Waals surface area contributed by atoms with E-state index in [-0.39, 0.29) is 16.7 Å². The Morgan fingerprint density at radius 3 is 2.29 bits per heavy atom. The van der Waals surface area contributed by atoms with Gasteiger partial charge < -0.3 is 14.3 Å². The number of benzene rings is 2. The van der Waals surface area contributed by atoms with E-state index in [2.05, 4.69) is 13.8 Å². The van der Waals surface area contributed by atoms with E-state index in [9.17, 15) is 14.7 Å². The molecule has 4 rings (SSSR count). The van der Waals surface area contributed by atoms with Crippen LogP contribution >= 0.6 is 0 Å². The van der Waals surface area contributed by atoms with Crippen LogP contribution in [0.25, 0.3) is 5.76 Å². The number of aliphatic hydroxyl groups excluding tert-OH is 1. The Kier molecular flexibility index (Phi) is 6.32. The Morgan fingerprint density at radius 2 is 1.74 bits per heavy atom. The van der Waals surface area contributed by atoms with Gasteiger partial charge in [0.1, 0.15) is 23.3 Å². The number of ether oxygens (including phenoxy) is 1. The van der Waals surface area contributed by atoms with Gasteiger partial charge in [0, 0.05) is 16.8 Å². The summed E-state index contributed by atoms with van der Waals surface area (Å²) < 4.78 is 11.2. The maximum Gasteiger partial charge on any atom is 0.300 e. The third kappa shape index (κ3) is 4.36. The predicted octanol–water partition coefficient (Wildman–Crippen LogP) is 6.34. The molecular weight excluding hydrogens is 442 g/mol. The van der Waals surface area contributed by atoms with Crippen LogP contribution in [0.4, 0.5) is 5.69 Å². The number of carbonyl (C=O) groups excluding carboxylic acids is 2. The fourth-order valence-electron chi connectivity index (χ4n) is 4.43. The number of anilines is 1. The summed E-state index contributed by atoms with van der Waals surface area (Å²) in [6.07, 6.45) is 1.49. The molecular formula is C29H31NO5. The molecule has 0 saturated carbocycles. The highest BCUT2D eigenvalue weighted by atomic mass is 16.5. The Morgan fingerprint density at radius 1 is 1.06 bits per heavy atom. The summed E-state index contributed by atoms with van der Waals surface area (Å²) in [5.74, 6) is -0.322. The SMILES string of the molecule is COc1ccc(/C(O)=C2/C(=O)C(=O)N(c3ccc(C(C)C)cc3)C2c2ccco2)cc1C(C)(C)C. The number of ketones is 1. The number of amides is 1. The summed E-state index contributed by atoms with van der Waals surface area (Å²) >= 11 is 0. The largest absolute Gasteiger partial charge is 0.507 e. The van der Waals surface area contributed by atoms with E-state index >= 15 is 0 Å². The van der Waals surface area contributed by atoms with Gasteiger partial charge in [-0.1, -0.05) is 46.8 Å². The van der Waals surface area contributed by atoms with Crippen molar-refractivity contribution in [2.24, 2.45) is 0 Å². The van der Waals surface area contributed by atoms with Crippen LogP contribution in [0.1, 0.15) is 69.0 Å². The van der Waals surface area contributed by atoms with Gasteiger partial charge in [-0.3, -0.25) is 14.5 Å². The van der Waals surface area contributed by atoms with Crippen molar-refractivity contribution in [1.29, 1.82) is 0 Å². The smallest absolute Gasteiger partial charge is 0.300 e. The number of methoxy groups -OCH3 is 1. The number of rotatable bonds is 5. The third-order valence-electron chi connectivity index (χ3n) is 6.38. The average molecular weight is 474 g/mol. The van der Waals surface area contributed by atoms with E-state index in [1.165, 1.54) is 11.2 Å². The highest BCUT2D eigenvalue weighted by Gasteiger charge is 2.48. The van der Waals surface area contributed by atoms with Gasteiger partial charge >= 0.3 is 0 Å². The van der Waals surface area contributed by atoms with Crippen molar-refractivity contribution in [1.82, 2.24) is 0 Å². The fraction of sp³-hybridized carbons (Fsp3) is 0.310. The van der Waals surface area contributed by atoms with Crippen LogP contribution in [0.3, 0.4) is 0 Å². The summed E-state index contributed by atoms with van der Waals surface area (Å²) in [4.78, 5) is 28.0. The van der Waals surface area contributed by atoms with Gasteiger partial charge in [0.05, 0.1) is 18.9 Å². The van der Waals surface area contributed by atoms with Crippen LogP contribution in [-0.2, 0) is 15.0 Å². The lowest BCUT2D eigenvalue weighted by atomic mass is 9.84. The molecule has 0 bridgehead atoms. The topological polar surface area (TPSA) is 80.0 Å². The van der Waals surface area contributed by atoms with Gasteiger partial charge in [-0.2, -0.15) is 0 Å². The van der Waals surface area contributed by atoms with Crippen molar-refractivity contribution in [2.75, 3.05) is 12.0 Å². The first kappa shape index (κ1) is 24.3. The monoisotopic (exact) mass is 473 g/mol. The second kappa shape index (κ2) is 9.10. The molecule has 1 aliphatic rings. The van der Waals surface area contributed by atoms with Crippen LogP contribution in [0, 0.1) is 0 Å². The molecule has 6 nitrogen and oxygen atoms in total. The molecule has 1 fully saturated rings. The molecule has 2 heterocycles. The molecule has 1 unspecified atom stereocenters. The van der Waals surface area contributed by atoms with Gasteiger partial charge in [0.15, 0.2) is 0 Å². The standard InChI is InChI=1S/C29H31NO5/c1-17(2)18-9-12-20(13-10-18)30-25(23-8-7-15-35-23)24(27(32)28(30)33)26(31)19-11-14-22(34-6)21(16-19)29(3,4)5/h7-17,25,31H,1-6H3/b26-24-. The van der Waals surface area contributed by atoms with E-state index in [4.69, 9.17) is 9.15 Å². The number of nitrogens with zero attached hydrogens (tertiary/aromatic N) is 1. The first-order valence-corrected chi connectivity index (χ1v) is 11.7. The zero-order valence-corrected chi connectivity index (χ0v) is 21.0. The minimum Gasteiger partial charge on any atom is -0.507 e. The zero-order chi connectivity index (χ0) is 25.5. The van der Waals surface area contributed by atoms with E-state index in [0.29, 0.717) is 28.7 Å². The lowest BCUT2D eigenvalue weighted by molar-refractivity contribution is -0.132. The van der Waals surface area contributed by atoms with E-state index in [0.717, 1.165) is 11.1 Å². The molecule has 182 valence electrons. The normalized spacial score (nSPS) is 17.9. The number of aliphatic hydroxyl groups is 1. The van der Waals surface area contributed by atoms with Crippen LogP contribution in [0.5, 0.6) is 5.75 Å². The van der Waals surface area contributed by atoms with Crippen molar-refractivity contribution in [3.63, 3.8) is 0 Å². The Balaban J connectivity index is 1.89. The molecule has 0 aliphatic carbocycles. The van der Waals surface area contributed by atoms with Crippen LogP contribution in [0.2, 0.25) is 0 Å². The zero-order valence-electron chi connectivity index (χ0n) is 21.0. The van der Waals surface area contributed by atoms with Gasteiger partial charge in [-0.25, -0.2) is 0 Å². The van der Waals surface area contributed by atoms with Crippen molar-refractivity contribution >= 4 is 23.1 Å². The van der Waals surface area contributed by atoms with Crippen molar-refractivity contribution in [3.8, 4) is 5.75 Å². The summed E-state index contributed by atoms with van der Waals surface area (Å²) in [6.45, 7) is 10.3. The molecule has 1 aliphatic heterocycles. The quantitative estimate of drug-likeness (QED) is 0.266. The second-order valence-electron chi connectivity index (χ2n) is 10.1. The molecule has 1 amide bonds. The summed E-state index contributed by atoms with van der Waals surface area (Å²) in [7, 11) is 1.59. The first-order valence-electron chi connectivity index (χ1n) is 11.7. The molecule has 3 aromatic rings. The number of hydrogen-bond donors (Lipinski definition) is 1. The lowest BCUT2D eigenvalue weighted by Crippen LogP contribution is -2.29. The predicted molar refractivity (Wildman–Crippen MR) is 136 cm³/mol. The van der Waals surface area contributed by atoms with Crippen LogP contribution in [0.15, 0.2) is 70.9 Å². The van der Waals surface area contributed by atoms with E-state index in [1.54, 1.807) is 37.4 Å². The van der Waals surface area contributed by atoms with Crippen molar-refractivity contribution in [3.05, 3.63) is 88.9 Å². The molecule has 2 aromatic carbocycles. The molecule has 0 spiro atoms. The fourth-order valence-corrected chi connectivity index (χ4v) is 4.43. The maximum atomic E-state index is 13.3. The molecule has 1 saturated heterocycles. The van der Waals surface area contributed by atoms with Gasteiger partial charge in [-0.15, -0.1) is 0 Å². The summed E-state index contributed by atoms with van der Waals surface area (Å²) in [6, 6.07) is 15.3. The number of furan rings is 1. The maximum absolute atomic E-state index is 13.3. The van der Waals surface area contributed by atoms with Gasteiger partial charge in [0.25, 0.3) is 11.7 Å². The van der Waals surface area contributed by atoms with Crippen LogP contribution in [-0.4, -0.2) is 23.9 Å². The van der Waals surface area contributed by atoms with Crippen molar-refractivity contribution in [2.45, 2.75) is 52.0 Å². The van der Waals surface area contributed by atoms with Crippen molar-refractivity contribution < 1.29 is 23.8 Å². The molecule has 6 heteroatoms. The van der Waals surface area contributed by atoms with Gasteiger partial charge in [0.2, 0.25) is 0 Å².